The lowest BCUT2D eigenvalue weighted by atomic mass is 10.0. The Morgan fingerprint density at radius 1 is 0.848 bits per heavy atom. The highest BCUT2D eigenvalue weighted by Gasteiger charge is 2.27. The van der Waals surface area contributed by atoms with Crippen LogP contribution in [0.4, 0.5) is 0 Å². The molecule has 0 saturated heterocycles. The van der Waals surface area contributed by atoms with Gasteiger partial charge in [0.05, 0.1) is 30.6 Å². The number of rotatable bonds is 0. The van der Waals surface area contributed by atoms with Gasteiger partial charge < -0.3 is 0 Å². The summed E-state index contributed by atoms with van der Waals surface area (Å²) in [5, 5.41) is 5.88. The monoisotopic (exact) mass is 484 g/mol. The number of thioether (sulfide) groups is 1. The maximum atomic E-state index is 4.87. The summed E-state index contributed by atoms with van der Waals surface area (Å²) in [5.41, 5.74) is 7.38. The fraction of sp³-hybridized carbons (Fsp3) is 0.231. The Kier molecular flexibility index (Phi) is 3.46. The van der Waals surface area contributed by atoms with E-state index >= 15 is 0 Å². The summed E-state index contributed by atoms with van der Waals surface area (Å²) in [7, 11) is 3.86. The van der Waals surface area contributed by atoms with Crippen LogP contribution in [0.1, 0.15) is 17.5 Å². The third-order valence-electron chi connectivity index (χ3n) is 7.15. The van der Waals surface area contributed by atoms with Gasteiger partial charge in [-0.15, -0.1) is 34.4 Å². The molecule has 1 unspecified atom stereocenters. The molecule has 1 aliphatic heterocycles. The third kappa shape index (κ3) is 2.10. The molecule has 8 rings (SSSR count). The van der Waals surface area contributed by atoms with Gasteiger partial charge in [-0.05, 0) is 31.2 Å². The van der Waals surface area contributed by atoms with E-state index in [1.807, 2.05) is 48.5 Å². The number of benzene rings is 1. The van der Waals surface area contributed by atoms with Gasteiger partial charge in [-0.25, -0.2) is 0 Å². The smallest absolute Gasteiger partial charge is 0.150 e. The number of aromatic nitrogens is 2. The molecule has 0 fully saturated rings. The second-order valence-corrected chi connectivity index (χ2v) is 12.8. The highest BCUT2D eigenvalue weighted by atomic mass is 32.2. The predicted molar refractivity (Wildman–Crippen MR) is 143 cm³/mol. The van der Waals surface area contributed by atoms with E-state index in [4.69, 9.17) is 9.98 Å². The molecule has 0 spiro atoms. The van der Waals surface area contributed by atoms with Gasteiger partial charge in [0.25, 0.3) is 0 Å². The molecule has 1 aromatic carbocycles. The fourth-order valence-electron chi connectivity index (χ4n) is 5.96. The molecule has 0 amide bonds. The van der Waals surface area contributed by atoms with Crippen molar-refractivity contribution in [2.24, 2.45) is 9.98 Å². The first-order valence-corrected chi connectivity index (χ1v) is 13.7. The standard InChI is InChI=1S/C26H20N4S3/c1-11-7-16-19(31-11)9-15-13-5-6-14-22-21(13)24(26(28-4)29(15)16)33-23(22)18-10-20-17(8-12(2)32-20)30(18)25(14)27-3/h5-6,8-11H,7H2,1-4H3. The molecule has 0 radical (unpaired) electrons. The summed E-state index contributed by atoms with van der Waals surface area (Å²) in [6.07, 6.45) is 1.10. The molecule has 0 saturated carbocycles. The zero-order valence-corrected chi connectivity index (χ0v) is 21.1. The SMILES string of the molecule is CN=c1c2sc3c4c(ccc(c24)c2cc4c(n12)CC(C)S4)c(=NC)n1c2cc(C)sc2cc31. The Morgan fingerprint density at radius 3 is 2.45 bits per heavy atom. The van der Waals surface area contributed by atoms with Gasteiger partial charge in [0.2, 0.25) is 0 Å². The Morgan fingerprint density at radius 2 is 1.64 bits per heavy atom. The number of hydrogen-bond acceptors (Lipinski definition) is 5. The highest BCUT2D eigenvalue weighted by molar-refractivity contribution is 8.00. The van der Waals surface area contributed by atoms with Gasteiger partial charge in [-0.2, -0.15) is 0 Å². The van der Waals surface area contributed by atoms with Crippen molar-refractivity contribution >= 4 is 86.6 Å². The first-order valence-electron chi connectivity index (χ1n) is 11.2. The quantitative estimate of drug-likeness (QED) is 0.236. The summed E-state index contributed by atoms with van der Waals surface area (Å²) < 4.78 is 8.77. The topological polar surface area (TPSA) is 33.5 Å². The Labute approximate surface area is 201 Å². The van der Waals surface area contributed by atoms with E-state index in [1.165, 1.54) is 67.7 Å². The van der Waals surface area contributed by atoms with Crippen molar-refractivity contribution in [3.8, 4) is 0 Å². The van der Waals surface area contributed by atoms with Crippen LogP contribution < -0.4 is 11.0 Å². The second-order valence-electron chi connectivity index (χ2n) is 9.05. The van der Waals surface area contributed by atoms with Crippen molar-refractivity contribution in [2.45, 2.75) is 30.4 Å². The first kappa shape index (κ1) is 18.8. The molecule has 0 bridgehead atoms. The summed E-state index contributed by atoms with van der Waals surface area (Å²) >= 11 is 5.76. The van der Waals surface area contributed by atoms with Crippen molar-refractivity contribution in [2.75, 3.05) is 14.1 Å². The first-order chi connectivity index (χ1) is 16.1. The summed E-state index contributed by atoms with van der Waals surface area (Å²) in [6, 6.07) is 11.7. The molecule has 33 heavy (non-hydrogen) atoms. The molecule has 162 valence electrons. The van der Waals surface area contributed by atoms with Crippen molar-refractivity contribution in [3.63, 3.8) is 0 Å². The Bertz CT molecular complexity index is 2080. The van der Waals surface area contributed by atoms with Crippen LogP contribution in [0.2, 0.25) is 0 Å². The number of fused-ring (bicyclic) bond motifs is 8. The number of nitrogens with zero attached hydrogens (tertiary/aromatic N) is 4. The molecule has 4 nitrogen and oxygen atoms in total. The van der Waals surface area contributed by atoms with Crippen molar-refractivity contribution in [1.82, 2.24) is 8.80 Å². The van der Waals surface area contributed by atoms with Crippen molar-refractivity contribution in [1.29, 1.82) is 0 Å². The lowest BCUT2D eigenvalue weighted by Crippen LogP contribution is -2.17. The van der Waals surface area contributed by atoms with E-state index in [2.05, 4.69) is 53.0 Å². The lowest BCUT2D eigenvalue weighted by Gasteiger charge is -2.09. The Balaban J connectivity index is 1.70. The Hall–Kier alpha value is -2.61. The zero-order chi connectivity index (χ0) is 22.2. The van der Waals surface area contributed by atoms with Crippen LogP contribution in [-0.2, 0) is 6.42 Å². The zero-order valence-electron chi connectivity index (χ0n) is 18.7. The molecule has 0 N–H and O–H groups in total. The third-order valence-corrected chi connectivity index (χ3v) is 10.5. The molecule has 1 aliphatic rings. The van der Waals surface area contributed by atoms with Crippen molar-refractivity contribution < 1.29 is 0 Å². The normalized spacial score (nSPS) is 18.1. The van der Waals surface area contributed by atoms with Gasteiger partial charge in [0, 0.05) is 62.8 Å². The molecule has 7 heterocycles. The minimum Gasteiger partial charge on any atom is -0.296 e. The molecule has 6 aromatic heterocycles. The minimum atomic E-state index is 0.624. The number of hydrogen-bond donors (Lipinski definition) is 0. The fourth-order valence-corrected chi connectivity index (χ4v) is 9.43. The van der Waals surface area contributed by atoms with Crippen molar-refractivity contribution in [3.05, 3.63) is 51.9 Å². The van der Waals surface area contributed by atoms with Crippen LogP contribution >= 0.6 is 34.4 Å². The van der Waals surface area contributed by atoms with Crippen LogP contribution in [0.3, 0.4) is 0 Å². The largest absolute Gasteiger partial charge is 0.296 e. The molecular weight excluding hydrogens is 465 g/mol. The average Bonchev–Trinajstić information content (AvgIpc) is 3.57. The average molecular weight is 485 g/mol. The predicted octanol–water partition coefficient (Wildman–Crippen LogP) is 6.21. The maximum absolute atomic E-state index is 4.87. The van der Waals surface area contributed by atoms with Crippen LogP contribution in [0, 0.1) is 6.92 Å². The van der Waals surface area contributed by atoms with E-state index in [0.717, 1.165) is 17.4 Å². The van der Waals surface area contributed by atoms with Gasteiger partial charge in [0.15, 0.2) is 5.49 Å². The molecule has 7 heteroatoms. The van der Waals surface area contributed by atoms with E-state index in [-0.39, 0.29) is 0 Å². The van der Waals surface area contributed by atoms with Crippen LogP contribution in [-0.4, -0.2) is 28.1 Å². The maximum Gasteiger partial charge on any atom is 0.150 e. The van der Waals surface area contributed by atoms with Gasteiger partial charge in [-0.3, -0.25) is 18.8 Å². The minimum absolute atomic E-state index is 0.624. The van der Waals surface area contributed by atoms with Crippen LogP contribution in [0.15, 0.2) is 45.2 Å². The summed E-state index contributed by atoms with van der Waals surface area (Å²) in [5.74, 6) is 0. The number of aryl methyl sites for hydroxylation is 1. The summed E-state index contributed by atoms with van der Waals surface area (Å²) in [6.45, 7) is 4.50. The summed E-state index contributed by atoms with van der Waals surface area (Å²) in [4.78, 5) is 12.4. The van der Waals surface area contributed by atoms with Crippen LogP contribution in [0.5, 0.6) is 0 Å². The second kappa shape index (κ2) is 6.09. The van der Waals surface area contributed by atoms with Crippen LogP contribution in [0.25, 0.3) is 52.2 Å². The molecule has 1 atom stereocenters. The van der Waals surface area contributed by atoms with Gasteiger partial charge >= 0.3 is 0 Å². The number of thiophene rings is 2. The molecular formula is C26H20N4S3. The van der Waals surface area contributed by atoms with E-state index in [9.17, 15) is 0 Å². The van der Waals surface area contributed by atoms with E-state index < -0.39 is 0 Å². The van der Waals surface area contributed by atoms with E-state index in [1.54, 1.807) is 0 Å². The van der Waals surface area contributed by atoms with E-state index in [0.29, 0.717) is 5.25 Å². The van der Waals surface area contributed by atoms with Gasteiger partial charge in [-0.1, -0.05) is 13.0 Å². The lowest BCUT2D eigenvalue weighted by molar-refractivity contribution is 0.875. The molecule has 7 aromatic rings. The van der Waals surface area contributed by atoms with Gasteiger partial charge in [0.1, 0.15) is 5.49 Å². The number of pyridine rings is 2. The highest BCUT2D eigenvalue weighted by Crippen LogP contribution is 2.45. The molecule has 0 aliphatic carbocycles.